The molecule has 0 heterocycles. The van der Waals surface area contributed by atoms with Crippen molar-refractivity contribution >= 4 is 21.6 Å². The average molecular weight is 231 g/mol. The fourth-order valence-electron chi connectivity index (χ4n) is 0.895. The largest absolute Gasteiger partial charge is 0.399 e. The van der Waals surface area contributed by atoms with Crippen molar-refractivity contribution in [2.75, 3.05) is 5.73 Å². The molecule has 6 N–H and O–H groups in total. The van der Waals surface area contributed by atoms with Gasteiger partial charge in [-0.05, 0) is 24.3 Å². The first kappa shape index (κ1) is 13.4. The highest BCUT2D eigenvalue weighted by Crippen LogP contribution is 2.10. The highest BCUT2D eigenvalue weighted by Gasteiger charge is 2.14. The van der Waals surface area contributed by atoms with Crippen molar-refractivity contribution in [3.8, 4) is 0 Å². The van der Waals surface area contributed by atoms with E-state index in [1.807, 2.05) is 4.72 Å². The van der Waals surface area contributed by atoms with Gasteiger partial charge in [-0.15, -0.1) is 0 Å². The molecule has 6 nitrogen and oxygen atoms in total. The maximum absolute atomic E-state index is 11.4. The lowest BCUT2D eigenvalue weighted by atomic mass is 10.3. The summed E-state index contributed by atoms with van der Waals surface area (Å²) in [4.78, 5) is 10.6. The Bertz CT molecular complexity index is 439. The Morgan fingerprint density at radius 2 is 1.73 bits per heavy atom. The Kier molecular flexibility index (Phi) is 4.25. The first-order chi connectivity index (χ1) is 6.42. The van der Waals surface area contributed by atoms with Gasteiger partial charge in [-0.3, -0.25) is 4.79 Å². The second-order valence-electron chi connectivity index (χ2n) is 2.73. The normalized spacial score (nSPS) is 10.2. The van der Waals surface area contributed by atoms with Crippen LogP contribution in [0.5, 0.6) is 0 Å². The Balaban J connectivity index is 0.00000196. The van der Waals surface area contributed by atoms with Crippen LogP contribution in [0.3, 0.4) is 0 Å². The number of amides is 1. The van der Waals surface area contributed by atoms with Crippen LogP contribution in [0.15, 0.2) is 29.2 Å². The van der Waals surface area contributed by atoms with E-state index in [0.29, 0.717) is 5.69 Å². The Labute approximate surface area is 88.1 Å². The van der Waals surface area contributed by atoms with Crippen molar-refractivity contribution in [1.29, 1.82) is 0 Å². The minimum Gasteiger partial charge on any atom is -0.399 e. The van der Waals surface area contributed by atoms with E-state index in [1.165, 1.54) is 24.3 Å². The number of nitrogen functional groups attached to an aromatic ring is 1. The SMILES string of the molecule is CC(=O)NS(=O)(=O)c1ccc(N)cc1.N. The van der Waals surface area contributed by atoms with Gasteiger partial charge in [-0.1, -0.05) is 0 Å². The molecule has 0 saturated heterocycles. The maximum Gasteiger partial charge on any atom is 0.264 e. The highest BCUT2D eigenvalue weighted by atomic mass is 32.2. The lowest BCUT2D eigenvalue weighted by Crippen LogP contribution is -2.28. The van der Waals surface area contributed by atoms with E-state index < -0.39 is 15.9 Å². The standard InChI is InChI=1S/C8H10N2O3S.H3N/c1-6(11)10-14(12,13)8-4-2-7(9)3-5-8;/h2-5H,9H2,1H3,(H,10,11);1H3. The van der Waals surface area contributed by atoms with E-state index in [0.717, 1.165) is 6.92 Å². The van der Waals surface area contributed by atoms with E-state index in [-0.39, 0.29) is 11.0 Å². The summed E-state index contributed by atoms with van der Waals surface area (Å²) < 4.78 is 24.6. The minimum atomic E-state index is -3.73. The molecule has 0 bridgehead atoms. The molecule has 0 aromatic heterocycles. The first-order valence-electron chi connectivity index (χ1n) is 3.81. The molecule has 0 radical (unpaired) electrons. The number of hydrogen-bond donors (Lipinski definition) is 3. The number of hydrogen-bond acceptors (Lipinski definition) is 5. The van der Waals surface area contributed by atoms with Crippen LogP contribution < -0.4 is 16.6 Å². The fraction of sp³-hybridized carbons (Fsp3) is 0.125. The van der Waals surface area contributed by atoms with Crippen molar-refractivity contribution in [2.45, 2.75) is 11.8 Å². The van der Waals surface area contributed by atoms with Crippen LogP contribution >= 0.6 is 0 Å². The summed E-state index contributed by atoms with van der Waals surface area (Å²) in [5, 5.41) is 0. The molecule has 1 aromatic rings. The number of rotatable bonds is 2. The molecule has 0 spiro atoms. The molecule has 1 rings (SSSR count). The van der Waals surface area contributed by atoms with Crippen LogP contribution in [0, 0.1) is 0 Å². The van der Waals surface area contributed by atoms with Crippen molar-refractivity contribution in [3.63, 3.8) is 0 Å². The Morgan fingerprint density at radius 1 is 1.27 bits per heavy atom. The highest BCUT2D eigenvalue weighted by molar-refractivity contribution is 7.90. The van der Waals surface area contributed by atoms with E-state index in [1.54, 1.807) is 0 Å². The molecule has 7 heteroatoms. The van der Waals surface area contributed by atoms with Crippen molar-refractivity contribution in [3.05, 3.63) is 24.3 Å². The minimum absolute atomic E-state index is 0. The summed E-state index contributed by atoms with van der Waals surface area (Å²) in [5.74, 6) is -0.623. The van der Waals surface area contributed by atoms with Gasteiger partial charge >= 0.3 is 0 Å². The van der Waals surface area contributed by atoms with Gasteiger partial charge in [0.25, 0.3) is 10.0 Å². The molecule has 84 valence electrons. The lowest BCUT2D eigenvalue weighted by Gasteiger charge is -2.04. The van der Waals surface area contributed by atoms with Gasteiger partial charge < -0.3 is 11.9 Å². The van der Waals surface area contributed by atoms with Crippen LogP contribution in [0.4, 0.5) is 5.69 Å². The van der Waals surface area contributed by atoms with E-state index in [9.17, 15) is 13.2 Å². The topological polar surface area (TPSA) is 124 Å². The van der Waals surface area contributed by atoms with Gasteiger partial charge in [0.1, 0.15) is 0 Å². The third kappa shape index (κ3) is 3.56. The predicted octanol–water partition coefficient (Wildman–Crippen LogP) is 0.256. The molecule has 0 fully saturated rings. The maximum atomic E-state index is 11.4. The second kappa shape index (κ2) is 4.76. The fourth-order valence-corrected chi connectivity index (χ4v) is 1.89. The predicted molar refractivity (Wildman–Crippen MR) is 56.9 cm³/mol. The van der Waals surface area contributed by atoms with Gasteiger partial charge in [0.05, 0.1) is 4.90 Å². The summed E-state index contributed by atoms with van der Waals surface area (Å²) in [6, 6.07) is 5.57. The lowest BCUT2D eigenvalue weighted by molar-refractivity contribution is -0.117. The zero-order valence-corrected chi connectivity index (χ0v) is 9.04. The Morgan fingerprint density at radius 3 is 2.13 bits per heavy atom. The molecule has 1 amide bonds. The molecular formula is C8H13N3O3S. The number of carbonyl (C=O) groups excluding carboxylic acids is 1. The molecule has 0 unspecified atom stereocenters. The van der Waals surface area contributed by atoms with Gasteiger partial charge in [0.15, 0.2) is 0 Å². The zero-order chi connectivity index (χ0) is 10.8. The molecule has 0 saturated carbocycles. The van der Waals surface area contributed by atoms with Gasteiger partial charge in [-0.2, -0.15) is 0 Å². The van der Waals surface area contributed by atoms with Gasteiger partial charge in [0.2, 0.25) is 5.91 Å². The molecule has 15 heavy (non-hydrogen) atoms. The molecule has 0 aliphatic heterocycles. The number of nitrogens with two attached hydrogens (primary N) is 1. The molecular weight excluding hydrogens is 218 g/mol. The summed E-state index contributed by atoms with van der Waals surface area (Å²) >= 11 is 0. The quantitative estimate of drug-likeness (QED) is 0.629. The molecule has 0 atom stereocenters. The van der Waals surface area contributed by atoms with E-state index in [2.05, 4.69) is 0 Å². The number of sulfonamides is 1. The number of nitrogens with one attached hydrogen (secondary N) is 1. The number of benzene rings is 1. The van der Waals surface area contributed by atoms with Gasteiger partial charge in [0, 0.05) is 12.6 Å². The summed E-state index contributed by atoms with van der Waals surface area (Å²) in [6.07, 6.45) is 0. The molecule has 0 aliphatic rings. The van der Waals surface area contributed by atoms with E-state index in [4.69, 9.17) is 5.73 Å². The molecule has 0 aliphatic carbocycles. The van der Waals surface area contributed by atoms with Crippen LogP contribution in [0.1, 0.15) is 6.92 Å². The van der Waals surface area contributed by atoms with Gasteiger partial charge in [-0.25, -0.2) is 13.1 Å². The van der Waals surface area contributed by atoms with Crippen molar-refractivity contribution in [1.82, 2.24) is 10.9 Å². The second-order valence-corrected chi connectivity index (χ2v) is 4.41. The Hall–Kier alpha value is -1.60. The van der Waals surface area contributed by atoms with Crippen LogP contribution in [-0.4, -0.2) is 14.3 Å². The third-order valence-electron chi connectivity index (χ3n) is 1.47. The van der Waals surface area contributed by atoms with Crippen LogP contribution in [0.2, 0.25) is 0 Å². The smallest absolute Gasteiger partial charge is 0.264 e. The summed E-state index contributed by atoms with van der Waals surface area (Å²) in [7, 11) is -3.73. The number of anilines is 1. The zero-order valence-electron chi connectivity index (χ0n) is 8.23. The summed E-state index contributed by atoms with van der Waals surface area (Å²) in [5.41, 5.74) is 5.85. The van der Waals surface area contributed by atoms with E-state index >= 15 is 0 Å². The summed E-state index contributed by atoms with van der Waals surface area (Å²) in [6.45, 7) is 1.13. The molecule has 1 aromatic carbocycles. The monoisotopic (exact) mass is 231 g/mol. The first-order valence-corrected chi connectivity index (χ1v) is 5.29. The average Bonchev–Trinajstić information content (AvgIpc) is 2.02. The van der Waals surface area contributed by atoms with Crippen LogP contribution in [0.25, 0.3) is 0 Å². The van der Waals surface area contributed by atoms with Crippen molar-refractivity contribution < 1.29 is 13.2 Å². The number of carbonyl (C=O) groups is 1. The third-order valence-corrected chi connectivity index (χ3v) is 2.92. The van der Waals surface area contributed by atoms with Crippen LogP contribution in [-0.2, 0) is 14.8 Å². The van der Waals surface area contributed by atoms with Crippen molar-refractivity contribution in [2.24, 2.45) is 0 Å².